The molecule has 0 bridgehead atoms. The maximum atomic E-state index is 11.0. The summed E-state index contributed by atoms with van der Waals surface area (Å²) in [6.45, 7) is 1.58. The van der Waals surface area contributed by atoms with Crippen molar-refractivity contribution in [2.24, 2.45) is 0 Å². The number of ketones is 1. The van der Waals surface area contributed by atoms with Crippen LogP contribution in [0.2, 0.25) is 0 Å². The molecule has 0 unspecified atom stereocenters. The average Bonchev–Trinajstić information content (AvgIpc) is 2.93. The molecular formula is C15H14N4O. The van der Waals surface area contributed by atoms with Gasteiger partial charge in [-0.25, -0.2) is 15.0 Å². The van der Waals surface area contributed by atoms with Gasteiger partial charge in [0.05, 0.1) is 23.1 Å². The summed E-state index contributed by atoms with van der Waals surface area (Å²) in [5.74, 6) is 0.847. The fourth-order valence-corrected chi connectivity index (χ4v) is 2.06. The molecule has 0 radical (unpaired) electrons. The zero-order valence-electron chi connectivity index (χ0n) is 11.1. The number of benzene rings is 1. The second-order valence-electron chi connectivity index (χ2n) is 4.69. The highest BCUT2D eigenvalue weighted by Crippen LogP contribution is 2.21. The van der Waals surface area contributed by atoms with Crippen LogP contribution in [0.1, 0.15) is 19.2 Å². The van der Waals surface area contributed by atoms with E-state index in [1.165, 1.54) is 0 Å². The van der Waals surface area contributed by atoms with Crippen LogP contribution in [0.25, 0.3) is 22.3 Å². The molecule has 5 heteroatoms. The lowest BCUT2D eigenvalue weighted by Crippen LogP contribution is -2.00. The number of aromatic nitrogens is 4. The quantitative estimate of drug-likeness (QED) is 0.787. The zero-order chi connectivity index (χ0) is 13.9. The third kappa shape index (κ3) is 2.56. The highest BCUT2D eigenvalue weighted by Gasteiger charge is 2.05. The van der Waals surface area contributed by atoms with Crippen molar-refractivity contribution in [3.8, 4) is 11.3 Å². The van der Waals surface area contributed by atoms with E-state index in [1.807, 2.05) is 24.3 Å². The number of fused-ring (bicyclic) bond motifs is 1. The van der Waals surface area contributed by atoms with Gasteiger partial charge in [0.1, 0.15) is 11.6 Å². The molecule has 0 amide bonds. The number of carbonyl (C=O) groups excluding carboxylic acids is 1. The van der Waals surface area contributed by atoms with Crippen molar-refractivity contribution in [1.29, 1.82) is 0 Å². The van der Waals surface area contributed by atoms with Gasteiger partial charge >= 0.3 is 0 Å². The molecule has 3 aromatic rings. The molecule has 20 heavy (non-hydrogen) atoms. The molecule has 3 rings (SSSR count). The van der Waals surface area contributed by atoms with Crippen molar-refractivity contribution in [3.63, 3.8) is 0 Å². The standard InChI is InChI=1S/C15H14N4O/c1-10(20)2-5-15-16-7-6-12(19-15)11-3-4-13-14(8-11)18-9-17-13/h3-4,6-9H,2,5H2,1H3,(H,17,18). The number of hydrogen-bond donors (Lipinski definition) is 1. The first-order chi connectivity index (χ1) is 9.72. The van der Waals surface area contributed by atoms with Crippen molar-refractivity contribution < 1.29 is 4.79 Å². The van der Waals surface area contributed by atoms with Crippen molar-refractivity contribution >= 4 is 16.8 Å². The van der Waals surface area contributed by atoms with Crippen LogP contribution >= 0.6 is 0 Å². The van der Waals surface area contributed by atoms with Gasteiger partial charge in [0.15, 0.2) is 0 Å². The number of carbonyl (C=O) groups is 1. The molecule has 0 spiro atoms. The highest BCUT2D eigenvalue weighted by atomic mass is 16.1. The maximum absolute atomic E-state index is 11.0. The van der Waals surface area contributed by atoms with Gasteiger partial charge in [0.25, 0.3) is 0 Å². The summed E-state index contributed by atoms with van der Waals surface area (Å²) in [6, 6.07) is 7.83. The fourth-order valence-electron chi connectivity index (χ4n) is 2.06. The Bertz CT molecular complexity index is 763. The van der Waals surface area contributed by atoms with E-state index >= 15 is 0 Å². The Morgan fingerprint density at radius 3 is 3.00 bits per heavy atom. The minimum absolute atomic E-state index is 0.151. The summed E-state index contributed by atoms with van der Waals surface area (Å²) in [6.07, 6.45) is 4.46. The van der Waals surface area contributed by atoms with Crippen molar-refractivity contribution in [2.75, 3.05) is 0 Å². The van der Waals surface area contributed by atoms with E-state index in [4.69, 9.17) is 0 Å². The summed E-state index contributed by atoms with van der Waals surface area (Å²) in [5, 5.41) is 0. The number of imidazole rings is 1. The lowest BCUT2D eigenvalue weighted by molar-refractivity contribution is -0.117. The first kappa shape index (κ1) is 12.5. The van der Waals surface area contributed by atoms with Crippen LogP contribution in [0.5, 0.6) is 0 Å². The molecule has 100 valence electrons. The number of aromatic amines is 1. The topological polar surface area (TPSA) is 71.5 Å². The number of rotatable bonds is 4. The van der Waals surface area contributed by atoms with Crippen LogP contribution in [0.3, 0.4) is 0 Å². The Kier molecular flexibility index (Phi) is 3.25. The van der Waals surface area contributed by atoms with E-state index in [2.05, 4.69) is 19.9 Å². The summed E-state index contributed by atoms with van der Waals surface area (Å²) in [4.78, 5) is 27.0. The molecule has 0 atom stereocenters. The van der Waals surface area contributed by atoms with E-state index in [1.54, 1.807) is 19.4 Å². The minimum Gasteiger partial charge on any atom is -0.345 e. The number of hydrogen-bond acceptors (Lipinski definition) is 4. The molecule has 0 aliphatic heterocycles. The third-order valence-corrected chi connectivity index (χ3v) is 3.12. The Balaban J connectivity index is 1.92. The second-order valence-corrected chi connectivity index (χ2v) is 4.69. The van der Waals surface area contributed by atoms with Gasteiger partial charge < -0.3 is 9.78 Å². The number of H-pyrrole nitrogens is 1. The molecule has 0 fully saturated rings. The van der Waals surface area contributed by atoms with E-state index in [9.17, 15) is 4.79 Å². The van der Waals surface area contributed by atoms with Gasteiger partial charge in [0.2, 0.25) is 0 Å². The molecule has 1 aromatic carbocycles. The average molecular weight is 266 g/mol. The molecule has 5 nitrogen and oxygen atoms in total. The van der Waals surface area contributed by atoms with Gasteiger partial charge in [-0.2, -0.15) is 0 Å². The molecule has 2 aromatic heterocycles. The summed E-state index contributed by atoms with van der Waals surface area (Å²) >= 11 is 0. The zero-order valence-corrected chi connectivity index (χ0v) is 11.1. The molecular weight excluding hydrogens is 252 g/mol. The molecule has 0 aliphatic carbocycles. The first-order valence-electron chi connectivity index (χ1n) is 6.47. The van der Waals surface area contributed by atoms with Gasteiger partial charge in [-0.15, -0.1) is 0 Å². The van der Waals surface area contributed by atoms with Crippen LogP contribution in [0.4, 0.5) is 0 Å². The Morgan fingerprint density at radius 2 is 2.15 bits per heavy atom. The van der Waals surface area contributed by atoms with Gasteiger partial charge in [-0.3, -0.25) is 0 Å². The second kappa shape index (κ2) is 5.21. The van der Waals surface area contributed by atoms with E-state index in [0.717, 1.165) is 22.3 Å². The lowest BCUT2D eigenvalue weighted by atomic mass is 10.1. The lowest BCUT2D eigenvalue weighted by Gasteiger charge is -2.03. The molecule has 0 saturated heterocycles. The third-order valence-electron chi connectivity index (χ3n) is 3.12. The summed E-state index contributed by atoms with van der Waals surface area (Å²) in [5.41, 5.74) is 3.77. The Hall–Kier alpha value is -2.56. The van der Waals surface area contributed by atoms with Crippen LogP contribution in [-0.4, -0.2) is 25.7 Å². The minimum atomic E-state index is 0.151. The smallest absolute Gasteiger partial charge is 0.130 e. The largest absolute Gasteiger partial charge is 0.345 e. The first-order valence-corrected chi connectivity index (χ1v) is 6.47. The number of nitrogens with zero attached hydrogens (tertiary/aromatic N) is 3. The Morgan fingerprint density at radius 1 is 1.25 bits per heavy atom. The molecule has 0 saturated carbocycles. The van der Waals surface area contributed by atoms with E-state index in [0.29, 0.717) is 18.7 Å². The predicted octanol–water partition coefficient (Wildman–Crippen LogP) is 2.54. The van der Waals surface area contributed by atoms with Crippen LogP contribution in [-0.2, 0) is 11.2 Å². The normalized spacial score (nSPS) is 10.8. The van der Waals surface area contributed by atoms with Crippen molar-refractivity contribution in [3.05, 3.63) is 42.6 Å². The van der Waals surface area contributed by atoms with E-state index in [-0.39, 0.29) is 5.78 Å². The van der Waals surface area contributed by atoms with Crippen molar-refractivity contribution in [1.82, 2.24) is 19.9 Å². The van der Waals surface area contributed by atoms with E-state index < -0.39 is 0 Å². The molecule has 1 N–H and O–H groups in total. The Labute approximate surface area is 116 Å². The van der Waals surface area contributed by atoms with Crippen LogP contribution < -0.4 is 0 Å². The number of Topliss-reactive ketones (excluding diaryl/α,β-unsaturated/α-hetero) is 1. The van der Waals surface area contributed by atoms with Gasteiger partial charge in [-0.1, -0.05) is 6.07 Å². The number of nitrogens with one attached hydrogen (secondary N) is 1. The summed E-state index contributed by atoms with van der Waals surface area (Å²) in [7, 11) is 0. The number of aryl methyl sites for hydroxylation is 1. The van der Waals surface area contributed by atoms with Crippen molar-refractivity contribution in [2.45, 2.75) is 19.8 Å². The molecule has 2 heterocycles. The highest BCUT2D eigenvalue weighted by molar-refractivity contribution is 5.80. The monoisotopic (exact) mass is 266 g/mol. The molecule has 0 aliphatic rings. The fraction of sp³-hybridized carbons (Fsp3) is 0.200. The SMILES string of the molecule is CC(=O)CCc1nccc(-c2ccc3nc[nH]c3c2)n1. The maximum Gasteiger partial charge on any atom is 0.130 e. The van der Waals surface area contributed by atoms with Crippen LogP contribution in [0.15, 0.2) is 36.8 Å². The van der Waals surface area contributed by atoms with Crippen LogP contribution in [0, 0.1) is 0 Å². The summed E-state index contributed by atoms with van der Waals surface area (Å²) < 4.78 is 0. The van der Waals surface area contributed by atoms with Gasteiger partial charge in [0, 0.05) is 24.6 Å². The predicted molar refractivity (Wildman–Crippen MR) is 76.1 cm³/mol. The van der Waals surface area contributed by atoms with Gasteiger partial charge in [-0.05, 0) is 25.1 Å².